The van der Waals surface area contributed by atoms with Gasteiger partial charge in [-0.15, -0.1) is 0 Å². The average molecular weight is 192 g/mol. The Morgan fingerprint density at radius 2 is 2.29 bits per heavy atom. The van der Waals surface area contributed by atoms with Gasteiger partial charge in [-0.3, -0.25) is 4.79 Å². The standard InChI is InChI=1S/C12H16O2/c1-12-5-3-2-4-10(12)6-11(14)9(7-12)8-13/h6,8,13H,2-5,7H2,1H3/b9-8+/t12-/m1/s1. The van der Waals surface area contributed by atoms with Crippen LogP contribution < -0.4 is 0 Å². The fourth-order valence-corrected chi connectivity index (χ4v) is 2.61. The molecular formula is C12H16O2. The highest BCUT2D eigenvalue weighted by Gasteiger charge is 2.37. The quantitative estimate of drug-likeness (QED) is 0.473. The summed E-state index contributed by atoms with van der Waals surface area (Å²) < 4.78 is 0. The van der Waals surface area contributed by atoms with Gasteiger partial charge in [0.15, 0.2) is 5.78 Å². The molecule has 1 N–H and O–H groups in total. The highest BCUT2D eigenvalue weighted by atomic mass is 16.2. The fraction of sp³-hybridized carbons (Fsp3) is 0.583. The maximum Gasteiger partial charge on any atom is 0.184 e. The molecule has 0 aromatic carbocycles. The zero-order valence-electron chi connectivity index (χ0n) is 8.55. The second-order valence-electron chi connectivity index (χ2n) is 4.63. The van der Waals surface area contributed by atoms with Gasteiger partial charge < -0.3 is 5.11 Å². The van der Waals surface area contributed by atoms with Crippen molar-refractivity contribution in [2.45, 2.75) is 39.0 Å². The van der Waals surface area contributed by atoms with E-state index in [1.165, 1.54) is 18.4 Å². The molecule has 0 unspecified atom stereocenters. The Bertz CT molecular complexity index is 325. The first kappa shape index (κ1) is 9.50. The molecular weight excluding hydrogens is 176 g/mol. The van der Waals surface area contributed by atoms with Crippen LogP contribution in [0.1, 0.15) is 39.0 Å². The fourth-order valence-electron chi connectivity index (χ4n) is 2.61. The van der Waals surface area contributed by atoms with Crippen molar-refractivity contribution in [3.63, 3.8) is 0 Å². The van der Waals surface area contributed by atoms with E-state index in [4.69, 9.17) is 5.11 Å². The van der Waals surface area contributed by atoms with E-state index in [1.54, 1.807) is 6.08 Å². The van der Waals surface area contributed by atoms with Crippen LogP contribution >= 0.6 is 0 Å². The van der Waals surface area contributed by atoms with Gasteiger partial charge in [0, 0.05) is 5.57 Å². The maximum absolute atomic E-state index is 11.5. The van der Waals surface area contributed by atoms with Crippen LogP contribution in [-0.2, 0) is 4.79 Å². The molecule has 0 spiro atoms. The van der Waals surface area contributed by atoms with Crippen molar-refractivity contribution in [1.82, 2.24) is 0 Å². The smallest absolute Gasteiger partial charge is 0.184 e. The number of aliphatic hydroxyl groups excluding tert-OH is 1. The van der Waals surface area contributed by atoms with Gasteiger partial charge in [-0.1, -0.05) is 18.9 Å². The third-order valence-corrected chi connectivity index (χ3v) is 3.56. The van der Waals surface area contributed by atoms with E-state index >= 15 is 0 Å². The van der Waals surface area contributed by atoms with Crippen LogP contribution in [0.4, 0.5) is 0 Å². The SMILES string of the molecule is C[C@]12CCCCC1=CC(=O)/C(=C/O)C2. The molecule has 0 aromatic heterocycles. The number of rotatable bonds is 0. The van der Waals surface area contributed by atoms with Crippen LogP contribution in [0.15, 0.2) is 23.5 Å². The summed E-state index contributed by atoms with van der Waals surface area (Å²) in [6, 6.07) is 0. The van der Waals surface area contributed by atoms with E-state index in [2.05, 4.69) is 6.92 Å². The van der Waals surface area contributed by atoms with Gasteiger partial charge in [-0.25, -0.2) is 0 Å². The lowest BCUT2D eigenvalue weighted by molar-refractivity contribution is -0.112. The Kier molecular flexibility index (Phi) is 2.22. The van der Waals surface area contributed by atoms with Gasteiger partial charge in [0.25, 0.3) is 0 Å². The molecule has 0 radical (unpaired) electrons. The molecule has 2 aliphatic carbocycles. The molecule has 0 aromatic rings. The molecule has 0 heterocycles. The number of carbonyl (C=O) groups excluding carboxylic acids is 1. The van der Waals surface area contributed by atoms with Crippen molar-refractivity contribution in [2.24, 2.45) is 5.41 Å². The van der Waals surface area contributed by atoms with Gasteiger partial charge in [-0.2, -0.15) is 0 Å². The highest BCUT2D eigenvalue weighted by Crippen LogP contribution is 2.47. The lowest BCUT2D eigenvalue weighted by Crippen LogP contribution is -2.29. The zero-order valence-corrected chi connectivity index (χ0v) is 8.55. The predicted octanol–water partition coefficient (Wildman–Crippen LogP) is 2.91. The summed E-state index contributed by atoms with van der Waals surface area (Å²) in [5.74, 6) is 0.00174. The van der Waals surface area contributed by atoms with Crippen molar-refractivity contribution >= 4 is 5.78 Å². The molecule has 1 saturated carbocycles. The van der Waals surface area contributed by atoms with Gasteiger partial charge in [0.1, 0.15) is 0 Å². The van der Waals surface area contributed by atoms with Crippen molar-refractivity contribution in [3.05, 3.63) is 23.5 Å². The summed E-state index contributed by atoms with van der Waals surface area (Å²) in [5, 5.41) is 8.95. The molecule has 1 atom stereocenters. The van der Waals surface area contributed by atoms with Gasteiger partial charge >= 0.3 is 0 Å². The Morgan fingerprint density at radius 3 is 3.00 bits per heavy atom. The monoisotopic (exact) mass is 192 g/mol. The Hall–Kier alpha value is -1.05. The summed E-state index contributed by atoms with van der Waals surface area (Å²) in [6.07, 6.45) is 8.08. The second-order valence-corrected chi connectivity index (χ2v) is 4.63. The first-order valence-corrected chi connectivity index (χ1v) is 5.24. The van der Waals surface area contributed by atoms with Crippen LogP contribution in [0.2, 0.25) is 0 Å². The normalized spacial score (nSPS) is 35.4. The van der Waals surface area contributed by atoms with Crippen LogP contribution in [-0.4, -0.2) is 10.9 Å². The minimum atomic E-state index is 0.00174. The zero-order chi connectivity index (χ0) is 10.2. The van der Waals surface area contributed by atoms with Crippen LogP contribution in [0.5, 0.6) is 0 Å². The van der Waals surface area contributed by atoms with Crippen molar-refractivity contribution < 1.29 is 9.90 Å². The maximum atomic E-state index is 11.5. The molecule has 2 nitrogen and oxygen atoms in total. The molecule has 0 bridgehead atoms. The third kappa shape index (κ3) is 1.39. The number of aliphatic hydroxyl groups is 1. The topological polar surface area (TPSA) is 37.3 Å². The molecule has 0 amide bonds. The highest BCUT2D eigenvalue weighted by molar-refractivity contribution is 6.05. The van der Waals surface area contributed by atoms with Crippen molar-refractivity contribution in [1.29, 1.82) is 0 Å². The number of hydrogen-bond donors (Lipinski definition) is 1. The number of ketones is 1. The minimum absolute atomic E-state index is 0.00174. The summed E-state index contributed by atoms with van der Waals surface area (Å²) in [4.78, 5) is 11.5. The summed E-state index contributed by atoms with van der Waals surface area (Å²) in [7, 11) is 0. The number of fused-ring (bicyclic) bond motifs is 1. The van der Waals surface area contributed by atoms with E-state index < -0.39 is 0 Å². The Balaban J connectivity index is 2.37. The summed E-state index contributed by atoms with van der Waals surface area (Å²) in [5.41, 5.74) is 2.00. The lowest BCUT2D eigenvalue weighted by Gasteiger charge is -2.39. The third-order valence-electron chi connectivity index (χ3n) is 3.56. The average Bonchev–Trinajstić information content (AvgIpc) is 2.18. The van der Waals surface area contributed by atoms with E-state index in [0.717, 1.165) is 19.1 Å². The second kappa shape index (κ2) is 3.26. The minimum Gasteiger partial charge on any atom is -0.515 e. The van der Waals surface area contributed by atoms with E-state index in [0.29, 0.717) is 12.0 Å². The van der Waals surface area contributed by atoms with Gasteiger partial charge in [0.05, 0.1) is 6.26 Å². The van der Waals surface area contributed by atoms with E-state index in [9.17, 15) is 4.79 Å². The number of hydrogen-bond acceptors (Lipinski definition) is 2. The molecule has 0 aliphatic heterocycles. The van der Waals surface area contributed by atoms with Gasteiger partial charge in [-0.05, 0) is 37.2 Å². The lowest BCUT2D eigenvalue weighted by atomic mass is 9.65. The first-order valence-electron chi connectivity index (χ1n) is 5.24. The summed E-state index contributed by atoms with van der Waals surface area (Å²) in [6.45, 7) is 2.20. The number of carbonyl (C=O) groups is 1. The van der Waals surface area contributed by atoms with Crippen LogP contribution in [0, 0.1) is 5.41 Å². The Labute approximate surface area is 84.3 Å². The number of allylic oxidation sites excluding steroid dienone is 3. The Morgan fingerprint density at radius 1 is 1.50 bits per heavy atom. The largest absolute Gasteiger partial charge is 0.515 e. The molecule has 2 aliphatic rings. The van der Waals surface area contributed by atoms with Crippen LogP contribution in [0.3, 0.4) is 0 Å². The van der Waals surface area contributed by atoms with E-state index in [-0.39, 0.29) is 11.2 Å². The molecule has 1 fully saturated rings. The molecule has 14 heavy (non-hydrogen) atoms. The molecule has 76 valence electrons. The van der Waals surface area contributed by atoms with Crippen molar-refractivity contribution in [3.8, 4) is 0 Å². The van der Waals surface area contributed by atoms with Gasteiger partial charge in [0.2, 0.25) is 0 Å². The van der Waals surface area contributed by atoms with Crippen LogP contribution in [0.25, 0.3) is 0 Å². The predicted molar refractivity (Wildman–Crippen MR) is 55.0 cm³/mol. The summed E-state index contributed by atoms with van der Waals surface area (Å²) >= 11 is 0. The van der Waals surface area contributed by atoms with E-state index in [1.807, 2.05) is 0 Å². The molecule has 2 heteroatoms. The molecule has 2 rings (SSSR count). The molecule has 0 saturated heterocycles. The first-order chi connectivity index (χ1) is 6.65. The van der Waals surface area contributed by atoms with Crippen molar-refractivity contribution in [2.75, 3.05) is 0 Å².